The van der Waals surface area contributed by atoms with Crippen LogP contribution in [0.2, 0.25) is 0 Å². The van der Waals surface area contributed by atoms with Gasteiger partial charge >= 0.3 is 0 Å². The first-order valence-corrected chi connectivity index (χ1v) is 6.20. The number of nitro groups is 1. The van der Waals surface area contributed by atoms with E-state index in [4.69, 9.17) is 0 Å². The summed E-state index contributed by atoms with van der Waals surface area (Å²) in [6, 6.07) is 3.10. The number of likely N-dealkylation sites (N-methyl/N-ethyl adjacent to an activating group) is 1. The number of nitrogens with zero attached hydrogens (tertiary/aromatic N) is 2. The summed E-state index contributed by atoms with van der Waals surface area (Å²) in [4.78, 5) is 24.3. The van der Waals surface area contributed by atoms with Gasteiger partial charge in [0.1, 0.15) is 0 Å². The number of carbonyl (C=O) groups excluding carboxylic acids is 1. The number of rotatable bonds is 3. The molecule has 0 spiro atoms. The van der Waals surface area contributed by atoms with E-state index >= 15 is 0 Å². The van der Waals surface area contributed by atoms with E-state index in [1.165, 1.54) is 6.07 Å². The van der Waals surface area contributed by atoms with Crippen LogP contribution in [-0.2, 0) is 4.79 Å². The number of nitro benzene ring substituents is 1. The largest absolute Gasteiger partial charge is 0.311 e. The van der Waals surface area contributed by atoms with E-state index in [2.05, 4.69) is 5.32 Å². The van der Waals surface area contributed by atoms with Crippen molar-refractivity contribution in [3.63, 3.8) is 0 Å². The Bertz CT molecular complexity index is 542. The fourth-order valence-electron chi connectivity index (χ4n) is 2.46. The Balaban J connectivity index is 2.39. The third-order valence-corrected chi connectivity index (χ3v) is 3.56. The molecule has 1 aliphatic heterocycles. The lowest BCUT2D eigenvalue weighted by atomic mass is 10.1. The zero-order chi connectivity index (χ0) is 14.2. The summed E-state index contributed by atoms with van der Waals surface area (Å²) in [6.45, 7) is 4.13. The smallest absolute Gasteiger partial charge is 0.272 e. The van der Waals surface area contributed by atoms with E-state index < -0.39 is 4.92 Å². The molecule has 0 saturated carbocycles. The summed E-state index contributed by atoms with van der Waals surface area (Å²) in [5.41, 5.74) is 2.19. The second-order valence-electron chi connectivity index (χ2n) is 4.80. The molecule has 1 aromatic rings. The molecule has 1 amide bonds. The van der Waals surface area contributed by atoms with Gasteiger partial charge in [0.05, 0.1) is 11.0 Å². The number of benzene rings is 1. The van der Waals surface area contributed by atoms with Crippen molar-refractivity contribution in [1.29, 1.82) is 0 Å². The number of hydrogen-bond donors (Lipinski definition) is 1. The van der Waals surface area contributed by atoms with Crippen LogP contribution in [0, 0.1) is 24.0 Å². The fraction of sp³-hybridized carbons (Fsp3) is 0.462. The minimum atomic E-state index is -0.395. The van der Waals surface area contributed by atoms with Crippen molar-refractivity contribution in [3.8, 4) is 0 Å². The van der Waals surface area contributed by atoms with Gasteiger partial charge in [0.15, 0.2) is 0 Å². The molecule has 1 aromatic carbocycles. The number of anilines is 1. The lowest BCUT2D eigenvalue weighted by molar-refractivity contribution is -0.385. The van der Waals surface area contributed by atoms with Gasteiger partial charge in [-0.1, -0.05) is 0 Å². The SMILES string of the molecule is CNC1CCN(c2cc(C)c([N+](=O)[O-])cc2C)C1=O. The van der Waals surface area contributed by atoms with Gasteiger partial charge in [-0.15, -0.1) is 0 Å². The van der Waals surface area contributed by atoms with Gasteiger partial charge in [-0.3, -0.25) is 14.9 Å². The maximum Gasteiger partial charge on any atom is 0.272 e. The van der Waals surface area contributed by atoms with E-state index in [0.29, 0.717) is 12.1 Å². The summed E-state index contributed by atoms with van der Waals surface area (Å²) in [5, 5.41) is 13.9. The maximum atomic E-state index is 12.1. The van der Waals surface area contributed by atoms with Gasteiger partial charge in [-0.25, -0.2) is 0 Å². The molecule has 0 aromatic heterocycles. The first kappa shape index (κ1) is 13.5. The van der Waals surface area contributed by atoms with Gasteiger partial charge in [-0.05, 0) is 38.9 Å². The summed E-state index contributed by atoms with van der Waals surface area (Å²) in [6.07, 6.45) is 0.755. The number of carbonyl (C=O) groups is 1. The molecule has 2 rings (SSSR count). The van der Waals surface area contributed by atoms with Gasteiger partial charge in [0.25, 0.3) is 5.69 Å². The molecule has 0 aliphatic carbocycles. The zero-order valence-corrected chi connectivity index (χ0v) is 11.3. The monoisotopic (exact) mass is 263 g/mol. The van der Waals surface area contributed by atoms with E-state index in [1.807, 2.05) is 0 Å². The quantitative estimate of drug-likeness (QED) is 0.663. The molecular weight excluding hydrogens is 246 g/mol. The molecule has 6 nitrogen and oxygen atoms in total. The van der Waals surface area contributed by atoms with Crippen LogP contribution < -0.4 is 10.2 Å². The highest BCUT2D eigenvalue weighted by atomic mass is 16.6. The second kappa shape index (κ2) is 4.97. The third kappa shape index (κ3) is 2.31. The molecule has 19 heavy (non-hydrogen) atoms. The number of hydrogen-bond acceptors (Lipinski definition) is 4. The lowest BCUT2D eigenvalue weighted by Crippen LogP contribution is -2.36. The molecule has 1 heterocycles. The zero-order valence-electron chi connectivity index (χ0n) is 11.3. The summed E-state index contributed by atoms with van der Waals surface area (Å²) < 4.78 is 0. The van der Waals surface area contributed by atoms with Crippen LogP contribution in [0.25, 0.3) is 0 Å². The molecule has 1 N–H and O–H groups in total. The normalized spacial score (nSPS) is 19.0. The Morgan fingerprint density at radius 2 is 2.05 bits per heavy atom. The molecule has 1 unspecified atom stereocenters. The Hall–Kier alpha value is -1.95. The van der Waals surface area contributed by atoms with Crippen molar-refractivity contribution in [2.75, 3.05) is 18.5 Å². The minimum absolute atomic E-state index is 0.0267. The van der Waals surface area contributed by atoms with E-state index in [9.17, 15) is 14.9 Å². The molecule has 1 saturated heterocycles. The number of amides is 1. The standard InChI is InChI=1S/C13H17N3O3/c1-8-7-12(16(18)19)9(2)6-11(8)15-5-4-10(14-3)13(15)17/h6-7,10,14H,4-5H2,1-3H3. The topological polar surface area (TPSA) is 75.5 Å². The first-order valence-electron chi connectivity index (χ1n) is 6.20. The molecule has 1 atom stereocenters. The van der Waals surface area contributed by atoms with Crippen molar-refractivity contribution >= 4 is 17.3 Å². The van der Waals surface area contributed by atoms with E-state index in [0.717, 1.165) is 17.7 Å². The summed E-state index contributed by atoms with van der Waals surface area (Å²) >= 11 is 0. The highest BCUT2D eigenvalue weighted by Crippen LogP contribution is 2.31. The molecule has 0 bridgehead atoms. The van der Waals surface area contributed by atoms with Crippen LogP contribution >= 0.6 is 0 Å². The minimum Gasteiger partial charge on any atom is -0.311 e. The fourth-order valence-corrected chi connectivity index (χ4v) is 2.46. The number of nitrogens with one attached hydrogen (secondary N) is 1. The lowest BCUT2D eigenvalue weighted by Gasteiger charge is -2.19. The predicted molar refractivity (Wildman–Crippen MR) is 72.4 cm³/mol. The first-order chi connectivity index (χ1) is 8.95. The molecule has 1 fully saturated rings. The molecular formula is C13H17N3O3. The van der Waals surface area contributed by atoms with Crippen LogP contribution in [0.15, 0.2) is 12.1 Å². The maximum absolute atomic E-state index is 12.1. The van der Waals surface area contributed by atoms with Gasteiger partial charge in [0.2, 0.25) is 5.91 Å². The van der Waals surface area contributed by atoms with Gasteiger partial charge in [-0.2, -0.15) is 0 Å². The highest BCUT2D eigenvalue weighted by Gasteiger charge is 2.32. The van der Waals surface area contributed by atoms with Crippen LogP contribution in [0.1, 0.15) is 17.5 Å². The average Bonchev–Trinajstić information content (AvgIpc) is 2.72. The second-order valence-corrected chi connectivity index (χ2v) is 4.80. The molecule has 0 radical (unpaired) electrons. The summed E-state index contributed by atoms with van der Waals surface area (Å²) in [7, 11) is 1.76. The van der Waals surface area contributed by atoms with Gasteiger partial charge < -0.3 is 10.2 Å². The molecule has 102 valence electrons. The molecule has 1 aliphatic rings. The average molecular weight is 263 g/mol. The predicted octanol–water partition coefficient (Wildman–Crippen LogP) is 1.54. The van der Waals surface area contributed by atoms with Crippen molar-refractivity contribution in [3.05, 3.63) is 33.4 Å². The summed E-state index contributed by atoms with van der Waals surface area (Å²) in [5.74, 6) is 0.0267. The Morgan fingerprint density at radius 1 is 1.37 bits per heavy atom. The van der Waals surface area contributed by atoms with Crippen LogP contribution in [-0.4, -0.2) is 30.5 Å². The van der Waals surface area contributed by atoms with Crippen molar-refractivity contribution in [2.24, 2.45) is 0 Å². The van der Waals surface area contributed by atoms with Crippen molar-refractivity contribution < 1.29 is 9.72 Å². The van der Waals surface area contributed by atoms with Crippen molar-refractivity contribution in [1.82, 2.24) is 5.32 Å². The third-order valence-electron chi connectivity index (χ3n) is 3.56. The Labute approximate surface area is 111 Å². The van der Waals surface area contributed by atoms with Gasteiger partial charge in [0, 0.05) is 23.9 Å². The number of aryl methyl sites for hydroxylation is 2. The van der Waals surface area contributed by atoms with Crippen LogP contribution in [0.5, 0.6) is 0 Å². The Morgan fingerprint density at radius 3 is 2.58 bits per heavy atom. The van der Waals surface area contributed by atoms with Crippen LogP contribution in [0.3, 0.4) is 0 Å². The highest BCUT2D eigenvalue weighted by molar-refractivity contribution is 6.00. The molecule has 6 heteroatoms. The van der Waals surface area contributed by atoms with Crippen LogP contribution in [0.4, 0.5) is 11.4 Å². The van der Waals surface area contributed by atoms with E-state index in [1.54, 1.807) is 31.9 Å². The van der Waals surface area contributed by atoms with Crippen molar-refractivity contribution in [2.45, 2.75) is 26.3 Å². The van der Waals surface area contributed by atoms with E-state index in [-0.39, 0.29) is 17.6 Å². The Kier molecular flexibility index (Phi) is 3.53.